The Hall–Kier alpha value is -2.20. The van der Waals surface area contributed by atoms with Gasteiger partial charge in [-0.2, -0.15) is 0 Å². The molecule has 0 bridgehead atoms. The minimum Gasteiger partial charge on any atom is -0.463 e. The zero-order valence-corrected chi connectivity index (χ0v) is 19.3. The summed E-state index contributed by atoms with van der Waals surface area (Å²) in [6.45, 7) is 5.87. The third-order valence-electron chi connectivity index (χ3n) is 5.70. The van der Waals surface area contributed by atoms with Gasteiger partial charge in [-0.1, -0.05) is 68.7 Å². The molecule has 1 aromatic carbocycles. The fourth-order valence-corrected chi connectivity index (χ4v) is 4.01. The minimum atomic E-state index is -0.436. The maximum Gasteiger partial charge on any atom is 0.306 e. The molecule has 3 atom stereocenters. The molecule has 4 heteroatoms. The highest BCUT2D eigenvalue weighted by atomic mass is 16.5. The standard InChI is InChI=1S/C27H38O4/c1-4-5-8-12-24(28)21-14-16-23(17-15-21)27-22(18-19-25(27)29)11-9-6-7-10-13-26(30)31-20(2)3/h6,9,14-20,22,24,27-28H,4-5,7-8,10-13H2,1-3H3/b9-6-/t22?,24-,27-/m0/s1. The van der Waals surface area contributed by atoms with Gasteiger partial charge in [0.15, 0.2) is 5.78 Å². The molecule has 0 amide bonds. The van der Waals surface area contributed by atoms with Gasteiger partial charge in [0.05, 0.1) is 18.1 Å². The van der Waals surface area contributed by atoms with E-state index in [-0.39, 0.29) is 29.7 Å². The van der Waals surface area contributed by atoms with Crippen molar-refractivity contribution in [3.8, 4) is 0 Å². The lowest BCUT2D eigenvalue weighted by molar-refractivity contribution is -0.147. The quantitative estimate of drug-likeness (QED) is 0.231. The van der Waals surface area contributed by atoms with Gasteiger partial charge in [-0.15, -0.1) is 0 Å². The fraction of sp³-hybridized carbons (Fsp3) is 0.556. The van der Waals surface area contributed by atoms with Gasteiger partial charge in [0.25, 0.3) is 0 Å². The second-order valence-corrected chi connectivity index (χ2v) is 8.72. The minimum absolute atomic E-state index is 0.0648. The van der Waals surface area contributed by atoms with Gasteiger partial charge in [-0.25, -0.2) is 0 Å². The lowest BCUT2D eigenvalue weighted by Gasteiger charge is -2.18. The molecule has 2 rings (SSSR count). The van der Waals surface area contributed by atoms with Crippen molar-refractivity contribution in [3.05, 3.63) is 59.7 Å². The van der Waals surface area contributed by atoms with Gasteiger partial charge < -0.3 is 9.84 Å². The van der Waals surface area contributed by atoms with Crippen molar-refractivity contribution in [3.63, 3.8) is 0 Å². The van der Waals surface area contributed by atoms with Crippen LogP contribution in [0.5, 0.6) is 0 Å². The molecule has 4 nitrogen and oxygen atoms in total. The monoisotopic (exact) mass is 426 g/mol. The van der Waals surface area contributed by atoms with Crippen LogP contribution in [0, 0.1) is 5.92 Å². The Kier molecular flexibility index (Phi) is 10.7. The van der Waals surface area contributed by atoms with Gasteiger partial charge >= 0.3 is 5.97 Å². The number of hydrogen-bond donors (Lipinski definition) is 1. The van der Waals surface area contributed by atoms with E-state index >= 15 is 0 Å². The molecule has 0 spiro atoms. The van der Waals surface area contributed by atoms with Gasteiger partial charge in [0.1, 0.15) is 0 Å². The van der Waals surface area contributed by atoms with Crippen LogP contribution in [-0.2, 0) is 14.3 Å². The Labute approximate surface area is 187 Å². The highest BCUT2D eigenvalue weighted by molar-refractivity contribution is 5.98. The summed E-state index contributed by atoms with van der Waals surface area (Å²) in [5, 5.41) is 10.4. The molecule has 0 saturated carbocycles. The Balaban J connectivity index is 1.84. The van der Waals surface area contributed by atoms with E-state index < -0.39 is 6.10 Å². The molecule has 0 heterocycles. The summed E-state index contributed by atoms with van der Waals surface area (Å²) in [6.07, 6.45) is 14.3. The molecular formula is C27H38O4. The van der Waals surface area contributed by atoms with Crippen molar-refractivity contribution in [2.45, 2.75) is 90.3 Å². The van der Waals surface area contributed by atoms with Crippen LogP contribution < -0.4 is 0 Å². The average molecular weight is 427 g/mol. The van der Waals surface area contributed by atoms with E-state index in [9.17, 15) is 14.7 Å². The number of aliphatic hydroxyl groups excluding tert-OH is 1. The van der Waals surface area contributed by atoms with E-state index in [0.29, 0.717) is 6.42 Å². The lowest BCUT2D eigenvalue weighted by Crippen LogP contribution is -2.13. The molecule has 1 aromatic rings. The number of ether oxygens (including phenoxy) is 1. The number of esters is 1. The van der Waals surface area contributed by atoms with E-state index in [4.69, 9.17) is 4.74 Å². The molecule has 31 heavy (non-hydrogen) atoms. The van der Waals surface area contributed by atoms with Crippen molar-refractivity contribution in [2.75, 3.05) is 0 Å². The molecule has 1 N–H and O–H groups in total. The highest BCUT2D eigenvalue weighted by Gasteiger charge is 2.30. The number of allylic oxidation sites excluding steroid dienone is 4. The first kappa shape index (κ1) is 25.1. The van der Waals surface area contributed by atoms with Crippen LogP contribution in [0.4, 0.5) is 0 Å². The van der Waals surface area contributed by atoms with Crippen LogP contribution in [0.2, 0.25) is 0 Å². The number of aliphatic hydroxyl groups is 1. The fourth-order valence-electron chi connectivity index (χ4n) is 4.01. The van der Waals surface area contributed by atoms with Crippen LogP contribution >= 0.6 is 0 Å². The van der Waals surface area contributed by atoms with Gasteiger partial charge in [0.2, 0.25) is 0 Å². The molecule has 0 fully saturated rings. The van der Waals surface area contributed by atoms with E-state index in [1.807, 2.05) is 44.2 Å². The van der Waals surface area contributed by atoms with Gasteiger partial charge in [-0.3, -0.25) is 9.59 Å². The summed E-state index contributed by atoms with van der Waals surface area (Å²) in [5.74, 6) is -0.00951. The summed E-state index contributed by atoms with van der Waals surface area (Å²) >= 11 is 0. The van der Waals surface area contributed by atoms with E-state index in [0.717, 1.165) is 56.1 Å². The second kappa shape index (κ2) is 13.3. The number of benzene rings is 1. The number of unbranched alkanes of at least 4 members (excludes halogenated alkanes) is 3. The molecule has 0 radical (unpaired) electrons. The van der Waals surface area contributed by atoms with Crippen LogP contribution in [0.15, 0.2) is 48.6 Å². The van der Waals surface area contributed by atoms with Crippen molar-refractivity contribution in [2.24, 2.45) is 5.92 Å². The third kappa shape index (κ3) is 8.45. The van der Waals surface area contributed by atoms with Crippen molar-refractivity contribution >= 4 is 11.8 Å². The highest BCUT2D eigenvalue weighted by Crippen LogP contribution is 2.35. The molecule has 170 valence electrons. The summed E-state index contributed by atoms with van der Waals surface area (Å²) in [7, 11) is 0. The van der Waals surface area contributed by atoms with Crippen molar-refractivity contribution < 1.29 is 19.4 Å². The largest absolute Gasteiger partial charge is 0.463 e. The summed E-state index contributed by atoms with van der Waals surface area (Å²) < 4.78 is 5.14. The van der Waals surface area contributed by atoms with E-state index in [2.05, 4.69) is 19.1 Å². The SMILES string of the molecule is CCCCC[C@H](O)c1ccc([C@H]2C(=O)C=CC2C/C=C\CCCC(=O)OC(C)C)cc1. The topological polar surface area (TPSA) is 63.6 Å². The summed E-state index contributed by atoms with van der Waals surface area (Å²) in [4.78, 5) is 24.0. The normalized spacial score (nSPS) is 19.5. The Morgan fingerprint density at radius 3 is 2.55 bits per heavy atom. The van der Waals surface area contributed by atoms with Crippen LogP contribution in [-0.4, -0.2) is 23.0 Å². The molecular weight excluding hydrogens is 388 g/mol. The Bertz CT molecular complexity index is 745. The molecule has 1 aliphatic carbocycles. The Morgan fingerprint density at radius 2 is 1.87 bits per heavy atom. The number of ketones is 1. The van der Waals surface area contributed by atoms with Crippen LogP contribution in [0.1, 0.15) is 95.3 Å². The smallest absolute Gasteiger partial charge is 0.306 e. The Morgan fingerprint density at radius 1 is 1.13 bits per heavy atom. The molecule has 0 aliphatic heterocycles. The van der Waals surface area contributed by atoms with Crippen molar-refractivity contribution in [1.82, 2.24) is 0 Å². The van der Waals surface area contributed by atoms with Crippen LogP contribution in [0.25, 0.3) is 0 Å². The summed E-state index contributed by atoms with van der Waals surface area (Å²) in [5.41, 5.74) is 1.93. The zero-order chi connectivity index (χ0) is 22.6. The lowest BCUT2D eigenvalue weighted by atomic mass is 9.85. The predicted octanol–water partition coefficient (Wildman–Crippen LogP) is 6.21. The first-order valence-corrected chi connectivity index (χ1v) is 11.8. The number of hydrogen-bond acceptors (Lipinski definition) is 4. The third-order valence-corrected chi connectivity index (χ3v) is 5.70. The first-order chi connectivity index (χ1) is 14.9. The van der Waals surface area contributed by atoms with Crippen molar-refractivity contribution in [1.29, 1.82) is 0 Å². The number of carbonyl (C=O) groups excluding carboxylic acids is 2. The molecule has 0 saturated heterocycles. The maximum atomic E-state index is 12.5. The number of rotatable bonds is 13. The molecule has 0 aromatic heterocycles. The summed E-state index contributed by atoms with van der Waals surface area (Å²) in [6, 6.07) is 7.90. The van der Waals surface area contributed by atoms with E-state index in [1.54, 1.807) is 6.08 Å². The van der Waals surface area contributed by atoms with E-state index in [1.165, 1.54) is 0 Å². The second-order valence-electron chi connectivity index (χ2n) is 8.72. The molecule has 1 aliphatic rings. The maximum absolute atomic E-state index is 12.5. The zero-order valence-electron chi connectivity index (χ0n) is 19.3. The first-order valence-electron chi connectivity index (χ1n) is 11.8. The predicted molar refractivity (Wildman–Crippen MR) is 125 cm³/mol. The molecule has 1 unspecified atom stereocenters. The van der Waals surface area contributed by atoms with Gasteiger partial charge in [0, 0.05) is 6.42 Å². The van der Waals surface area contributed by atoms with Gasteiger partial charge in [-0.05, 0) is 62.7 Å². The number of carbonyl (C=O) groups is 2. The van der Waals surface area contributed by atoms with Crippen LogP contribution in [0.3, 0.4) is 0 Å². The average Bonchev–Trinajstić information content (AvgIpc) is 3.10.